The Hall–Kier alpha value is -1.37. The molecular formula is C12H6Cl3F3N2O. The quantitative estimate of drug-likeness (QED) is 0.557. The molecule has 0 amide bonds. The first-order valence-corrected chi connectivity index (χ1v) is 6.46. The minimum absolute atomic E-state index is 0.00348. The first kappa shape index (κ1) is 16.0. The molecule has 0 radical (unpaired) electrons. The molecule has 2 rings (SSSR count). The van der Waals surface area contributed by atoms with Gasteiger partial charge in [-0.15, -0.1) is 0 Å². The highest BCUT2D eigenvalue weighted by atomic mass is 35.5. The van der Waals surface area contributed by atoms with E-state index in [2.05, 4.69) is 4.98 Å². The van der Waals surface area contributed by atoms with Crippen LogP contribution in [0.5, 0.6) is 5.75 Å². The van der Waals surface area contributed by atoms with Crippen molar-refractivity contribution in [3.63, 3.8) is 0 Å². The fourth-order valence-electron chi connectivity index (χ4n) is 1.62. The Morgan fingerprint density at radius 3 is 2.24 bits per heavy atom. The van der Waals surface area contributed by atoms with Crippen molar-refractivity contribution in [2.75, 3.05) is 5.73 Å². The highest BCUT2D eigenvalue weighted by Gasteiger charge is 2.32. The van der Waals surface area contributed by atoms with Crippen LogP contribution in [0.2, 0.25) is 15.1 Å². The number of aromatic hydroxyl groups is 1. The summed E-state index contributed by atoms with van der Waals surface area (Å²) in [6.45, 7) is 0. The standard InChI is InChI=1S/C12H6Cl3F3N2O/c13-5-2-7(19)11(21)9(15)8(5)10-6(14)1-4(3-20-10)12(16,17)18/h1-3,21H,19H2. The third kappa shape index (κ3) is 2.97. The van der Waals surface area contributed by atoms with E-state index in [0.717, 1.165) is 0 Å². The van der Waals surface area contributed by atoms with Gasteiger partial charge in [0.2, 0.25) is 0 Å². The van der Waals surface area contributed by atoms with Crippen molar-refractivity contribution in [3.05, 3.63) is 39.0 Å². The van der Waals surface area contributed by atoms with E-state index >= 15 is 0 Å². The molecule has 0 unspecified atom stereocenters. The minimum atomic E-state index is -4.58. The number of phenols is 1. The average molecular weight is 358 g/mol. The number of halogens is 6. The SMILES string of the molecule is Nc1cc(Cl)c(-c2ncc(C(F)(F)F)cc2Cl)c(Cl)c1O. The molecule has 0 spiro atoms. The van der Waals surface area contributed by atoms with Crippen LogP contribution in [0.25, 0.3) is 11.3 Å². The molecule has 1 aromatic heterocycles. The molecule has 21 heavy (non-hydrogen) atoms. The number of rotatable bonds is 1. The van der Waals surface area contributed by atoms with Crippen LogP contribution in [0.3, 0.4) is 0 Å². The predicted octanol–water partition coefficient (Wildman–Crippen LogP) is 5.02. The fraction of sp³-hybridized carbons (Fsp3) is 0.0833. The predicted molar refractivity (Wildman–Crippen MR) is 75.8 cm³/mol. The zero-order valence-corrected chi connectivity index (χ0v) is 12.2. The zero-order valence-electron chi connectivity index (χ0n) is 9.97. The van der Waals surface area contributed by atoms with Crippen LogP contribution in [0, 0.1) is 0 Å². The fourth-order valence-corrected chi connectivity index (χ4v) is 2.53. The van der Waals surface area contributed by atoms with Gasteiger partial charge in [0.25, 0.3) is 0 Å². The van der Waals surface area contributed by atoms with E-state index in [0.29, 0.717) is 12.3 Å². The Labute approximate surface area is 132 Å². The molecule has 0 saturated heterocycles. The molecule has 0 fully saturated rings. The molecule has 2 aromatic rings. The van der Waals surface area contributed by atoms with Crippen LogP contribution in [-0.4, -0.2) is 10.1 Å². The summed E-state index contributed by atoms with van der Waals surface area (Å²) in [5.41, 5.74) is 4.30. The average Bonchev–Trinajstić information content (AvgIpc) is 2.37. The van der Waals surface area contributed by atoms with Crippen molar-refractivity contribution in [1.29, 1.82) is 0 Å². The van der Waals surface area contributed by atoms with Gasteiger partial charge in [-0.25, -0.2) is 0 Å². The Bertz CT molecular complexity index is 720. The second-order valence-corrected chi connectivity index (χ2v) is 5.23. The molecule has 0 atom stereocenters. The first-order valence-electron chi connectivity index (χ1n) is 5.32. The van der Waals surface area contributed by atoms with E-state index in [1.54, 1.807) is 0 Å². The number of alkyl halides is 3. The molecule has 0 saturated carbocycles. The second kappa shape index (κ2) is 5.44. The van der Waals surface area contributed by atoms with E-state index < -0.39 is 17.5 Å². The van der Waals surface area contributed by atoms with Gasteiger partial charge in [0.15, 0.2) is 5.75 Å². The molecule has 3 N–H and O–H groups in total. The van der Waals surface area contributed by atoms with Gasteiger partial charge in [0, 0.05) is 11.8 Å². The van der Waals surface area contributed by atoms with Crippen molar-refractivity contribution >= 4 is 40.5 Å². The third-order valence-corrected chi connectivity index (χ3v) is 3.58. The van der Waals surface area contributed by atoms with Crippen molar-refractivity contribution in [2.24, 2.45) is 0 Å². The summed E-state index contributed by atoms with van der Waals surface area (Å²) in [7, 11) is 0. The lowest BCUT2D eigenvalue weighted by molar-refractivity contribution is -0.137. The topological polar surface area (TPSA) is 59.1 Å². The maximum Gasteiger partial charge on any atom is 0.417 e. The summed E-state index contributed by atoms with van der Waals surface area (Å²) >= 11 is 17.7. The number of aromatic nitrogens is 1. The van der Waals surface area contributed by atoms with Gasteiger partial charge in [-0.2, -0.15) is 13.2 Å². The van der Waals surface area contributed by atoms with Crippen LogP contribution in [0.15, 0.2) is 18.3 Å². The molecule has 3 nitrogen and oxygen atoms in total. The van der Waals surface area contributed by atoms with Crippen molar-refractivity contribution in [1.82, 2.24) is 4.98 Å². The van der Waals surface area contributed by atoms with Crippen LogP contribution in [0.1, 0.15) is 5.56 Å². The number of nitrogens with two attached hydrogens (primary N) is 1. The number of nitrogens with zero attached hydrogens (tertiary/aromatic N) is 1. The van der Waals surface area contributed by atoms with Crippen molar-refractivity contribution in [3.8, 4) is 17.0 Å². The monoisotopic (exact) mass is 356 g/mol. The van der Waals surface area contributed by atoms with Crippen LogP contribution in [-0.2, 0) is 6.18 Å². The smallest absolute Gasteiger partial charge is 0.417 e. The van der Waals surface area contributed by atoms with E-state index in [-0.39, 0.29) is 32.0 Å². The summed E-state index contributed by atoms with van der Waals surface area (Å²) in [5.74, 6) is -0.450. The highest BCUT2D eigenvalue weighted by molar-refractivity contribution is 6.42. The summed E-state index contributed by atoms with van der Waals surface area (Å²) < 4.78 is 37.7. The number of hydrogen-bond donors (Lipinski definition) is 2. The molecule has 0 bridgehead atoms. The number of anilines is 1. The molecule has 0 aliphatic carbocycles. The van der Waals surface area contributed by atoms with Gasteiger partial charge in [0.1, 0.15) is 0 Å². The molecule has 9 heteroatoms. The lowest BCUT2D eigenvalue weighted by atomic mass is 10.1. The Kier molecular flexibility index (Phi) is 4.15. The summed E-state index contributed by atoms with van der Waals surface area (Å²) in [6.07, 6.45) is -3.98. The van der Waals surface area contributed by atoms with Crippen LogP contribution >= 0.6 is 34.8 Å². The number of pyridine rings is 1. The van der Waals surface area contributed by atoms with Gasteiger partial charge in [-0.3, -0.25) is 4.98 Å². The lowest BCUT2D eigenvalue weighted by Gasteiger charge is -2.13. The molecule has 1 heterocycles. The number of hydrogen-bond acceptors (Lipinski definition) is 3. The number of nitrogen functional groups attached to an aromatic ring is 1. The van der Waals surface area contributed by atoms with Crippen LogP contribution < -0.4 is 5.73 Å². The van der Waals surface area contributed by atoms with E-state index in [1.165, 1.54) is 6.07 Å². The minimum Gasteiger partial charge on any atom is -0.504 e. The van der Waals surface area contributed by atoms with E-state index in [9.17, 15) is 18.3 Å². The Morgan fingerprint density at radius 2 is 1.71 bits per heavy atom. The molecule has 112 valence electrons. The van der Waals surface area contributed by atoms with E-state index in [4.69, 9.17) is 40.5 Å². The van der Waals surface area contributed by atoms with Gasteiger partial charge < -0.3 is 10.8 Å². The van der Waals surface area contributed by atoms with Gasteiger partial charge in [0.05, 0.1) is 32.0 Å². The largest absolute Gasteiger partial charge is 0.504 e. The second-order valence-electron chi connectivity index (χ2n) is 4.04. The molecule has 0 aliphatic heterocycles. The van der Waals surface area contributed by atoms with Gasteiger partial charge in [-0.1, -0.05) is 34.8 Å². The van der Waals surface area contributed by atoms with Crippen molar-refractivity contribution < 1.29 is 18.3 Å². The number of phenolic OH excluding ortho intramolecular Hbond substituents is 1. The normalized spacial score (nSPS) is 11.7. The maximum absolute atomic E-state index is 12.6. The highest BCUT2D eigenvalue weighted by Crippen LogP contribution is 2.45. The Morgan fingerprint density at radius 1 is 1.10 bits per heavy atom. The molecule has 1 aromatic carbocycles. The molecule has 0 aliphatic rings. The van der Waals surface area contributed by atoms with Gasteiger partial charge in [-0.05, 0) is 12.1 Å². The summed E-state index contributed by atoms with van der Waals surface area (Å²) in [6, 6.07) is 1.90. The summed E-state index contributed by atoms with van der Waals surface area (Å²) in [5, 5.41) is 9.14. The van der Waals surface area contributed by atoms with Gasteiger partial charge >= 0.3 is 6.18 Å². The lowest BCUT2D eigenvalue weighted by Crippen LogP contribution is -2.06. The Balaban J connectivity index is 2.67. The summed E-state index contributed by atoms with van der Waals surface area (Å²) in [4.78, 5) is 3.63. The third-order valence-electron chi connectivity index (χ3n) is 2.63. The maximum atomic E-state index is 12.6. The van der Waals surface area contributed by atoms with Crippen LogP contribution in [0.4, 0.5) is 18.9 Å². The number of benzene rings is 1. The van der Waals surface area contributed by atoms with E-state index in [1.807, 2.05) is 0 Å². The zero-order chi connectivity index (χ0) is 15.9. The molecular weight excluding hydrogens is 351 g/mol. The van der Waals surface area contributed by atoms with Crippen molar-refractivity contribution in [2.45, 2.75) is 6.18 Å². The first-order chi connectivity index (χ1) is 9.62.